The number of hydrogen-bond donors (Lipinski definition) is 1. The summed E-state index contributed by atoms with van der Waals surface area (Å²) in [6.07, 6.45) is 0. The Morgan fingerprint density at radius 2 is 1.45 bits per heavy atom. The SMILES string of the molecule is CC.CCOCCOCCO.[C-]#[N+]/C(=C(/C#N)c1ccccc1)c1ccccc1. The molecule has 29 heavy (non-hydrogen) atoms. The van der Waals surface area contributed by atoms with Gasteiger partial charge in [0, 0.05) is 6.61 Å². The molecule has 2 rings (SSSR count). The molecule has 0 radical (unpaired) electrons. The number of aliphatic hydroxyl groups is 1. The number of allylic oxidation sites excluding steroid dienone is 1. The molecule has 0 aromatic heterocycles. The molecule has 0 aliphatic rings. The van der Waals surface area contributed by atoms with E-state index in [0.717, 1.165) is 17.7 Å². The zero-order valence-corrected chi connectivity index (χ0v) is 17.5. The van der Waals surface area contributed by atoms with Gasteiger partial charge in [-0.1, -0.05) is 74.5 Å². The molecule has 2 aromatic carbocycles. The Bertz CT molecular complexity index is 695. The highest BCUT2D eigenvalue weighted by Gasteiger charge is 2.10. The van der Waals surface area contributed by atoms with Crippen LogP contribution in [0.25, 0.3) is 16.1 Å². The fraction of sp³-hybridized carbons (Fsp3) is 0.333. The maximum absolute atomic E-state index is 9.29. The standard InChI is InChI=1S/C16H10N2.C6H14O3.C2H6/c1-18-16(14-10-6-3-7-11-14)15(12-17)13-8-4-2-5-9-13;1-2-8-5-6-9-4-3-7;1-2/h2-11H;7H,2-6H2,1H3;1-2H3/b16-15-;;. The second-order valence-electron chi connectivity index (χ2n) is 5.21. The summed E-state index contributed by atoms with van der Waals surface area (Å²) < 4.78 is 9.88. The third-order valence-corrected chi connectivity index (χ3v) is 3.38. The van der Waals surface area contributed by atoms with E-state index in [1.807, 2.05) is 81.4 Å². The summed E-state index contributed by atoms with van der Waals surface area (Å²) in [5.74, 6) is 0. The Balaban J connectivity index is 0.000000606. The van der Waals surface area contributed by atoms with Crippen LogP contribution in [-0.4, -0.2) is 38.1 Å². The summed E-state index contributed by atoms with van der Waals surface area (Å²) >= 11 is 0. The number of aliphatic hydroxyl groups excluding tert-OH is 1. The maximum atomic E-state index is 9.29. The highest BCUT2D eigenvalue weighted by atomic mass is 16.5. The van der Waals surface area contributed by atoms with E-state index in [2.05, 4.69) is 10.9 Å². The van der Waals surface area contributed by atoms with Crippen molar-refractivity contribution in [3.8, 4) is 6.07 Å². The van der Waals surface area contributed by atoms with Crippen molar-refractivity contribution in [2.45, 2.75) is 20.8 Å². The molecule has 0 amide bonds. The van der Waals surface area contributed by atoms with Crippen molar-refractivity contribution < 1.29 is 14.6 Å². The van der Waals surface area contributed by atoms with Gasteiger partial charge in [-0.3, -0.25) is 0 Å². The zero-order valence-electron chi connectivity index (χ0n) is 17.5. The van der Waals surface area contributed by atoms with Gasteiger partial charge in [-0.2, -0.15) is 5.26 Å². The van der Waals surface area contributed by atoms with Gasteiger partial charge in [0.2, 0.25) is 5.70 Å². The number of nitriles is 1. The molecule has 0 spiro atoms. The molecule has 0 heterocycles. The predicted molar refractivity (Wildman–Crippen MR) is 118 cm³/mol. The van der Waals surface area contributed by atoms with Gasteiger partial charge in [0.1, 0.15) is 0 Å². The fourth-order valence-electron chi connectivity index (χ4n) is 2.15. The second-order valence-corrected chi connectivity index (χ2v) is 5.21. The number of nitrogens with zero attached hydrogens (tertiary/aromatic N) is 2. The molecule has 0 saturated heterocycles. The van der Waals surface area contributed by atoms with Crippen molar-refractivity contribution in [2.24, 2.45) is 0 Å². The van der Waals surface area contributed by atoms with Gasteiger partial charge in [-0.05, 0) is 18.1 Å². The van der Waals surface area contributed by atoms with E-state index < -0.39 is 0 Å². The van der Waals surface area contributed by atoms with Crippen molar-refractivity contribution in [3.63, 3.8) is 0 Å². The van der Waals surface area contributed by atoms with Crippen LogP contribution in [0, 0.1) is 17.9 Å². The van der Waals surface area contributed by atoms with Crippen LogP contribution >= 0.6 is 0 Å². The molecule has 0 aliphatic heterocycles. The zero-order chi connectivity index (χ0) is 21.7. The van der Waals surface area contributed by atoms with Crippen molar-refractivity contribution in [2.75, 3.05) is 33.0 Å². The van der Waals surface area contributed by atoms with Gasteiger partial charge >= 0.3 is 0 Å². The van der Waals surface area contributed by atoms with Gasteiger partial charge in [-0.25, -0.2) is 4.85 Å². The highest BCUT2D eigenvalue weighted by molar-refractivity contribution is 5.99. The van der Waals surface area contributed by atoms with E-state index in [4.69, 9.17) is 21.2 Å². The van der Waals surface area contributed by atoms with Crippen LogP contribution in [-0.2, 0) is 9.47 Å². The van der Waals surface area contributed by atoms with Crippen LogP contribution in [0.5, 0.6) is 0 Å². The number of benzene rings is 2. The van der Waals surface area contributed by atoms with Crippen LogP contribution in [0.2, 0.25) is 0 Å². The molecular formula is C24H30N2O3. The van der Waals surface area contributed by atoms with Gasteiger partial charge < -0.3 is 14.6 Å². The third-order valence-electron chi connectivity index (χ3n) is 3.38. The van der Waals surface area contributed by atoms with Crippen LogP contribution in [0.3, 0.4) is 0 Å². The average molecular weight is 395 g/mol. The second kappa shape index (κ2) is 18.4. The topological polar surface area (TPSA) is 66.8 Å². The number of hydrogen-bond acceptors (Lipinski definition) is 4. The minimum Gasteiger partial charge on any atom is -0.394 e. The largest absolute Gasteiger partial charge is 0.394 e. The maximum Gasteiger partial charge on any atom is 0.212 e. The Labute approximate surface area is 174 Å². The van der Waals surface area contributed by atoms with E-state index in [9.17, 15) is 5.26 Å². The molecule has 154 valence electrons. The van der Waals surface area contributed by atoms with Crippen LogP contribution in [0.4, 0.5) is 0 Å². The Morgan fingerprint density at radius 1 is 0.931 bits per heavy atom. The number of rotatable bonds is 8. The van der Waals surface area contributed by atoms with Gasteiger partial charge in [-0.15, -0.1) is 0 Å². The van der Waals surface area contributed by atoms with Gasteiger partial charge in [0.05, 0.1) is 44.6 Å². The van der Waals surface area contributed by atoms with Crippen molar-refractivity contribution in [1.82, 2.24) is 0 Å². The lowest BCUT2D eigenvalue weighted by Crippen LogP contribution is -2.06. The average Bonchev–Trinajstić information content (AvgIpc) is 2.80. The summed E-state index contributed by atoms with van der Waals surface area (Å²) in [7, 11) is 0. The minimum atomic E-state index is 0.0894. The predicted octanol–water partition coefficient (Wildman–Crippen LogP) is 5.06. The molecule has 0 bridgehead atoms. The molecule has 5 heteroatoms. The molecule has 0 fully saturated rings. The van der Waals surface area contributed by atoms with Crippen LogP contribution in [0.1, 0.15) is 31.9 Å². The van der Waals surface area contributed by atoms with E-state index >= 15 is 0 Å². The molecule has 0 atom stereocenters. The molecule has 0 unspecified atom stereocenters. The lowest BCUT2D eigenvalue weighted by atomic mass is 10.0. The minimum absolute atomic E-state index is 0.0894. The fourth-order valence-corrected chi connectivity index (χ4v) is 2.15. The smallest absolute Gasteiger partial charge is 0.212 e. The van der Waals surface area contributed by atoms with Crippen molar-refractivity contribution in [3.05, 3.63) is 83.2 Å². The normalized spacial score (nSPS) is 10.1. The third kappa shape index (κ3) is 10.8. The summed E-state index contributed by atoms with van der Waals surface area (Å²) in [5, 5.41) is 17.5. The molecule has 1 N–H and O–H groups in total. The Morgan fingerprint density at radius 3 is 1.90 bits per heavy atom. The molecule has 2 aromatic rings. The monoisotopic (exact) mass is 394 g/mol. The summed E-state index contributed by atoms with van der Waals surface area (Å²) in [5.41, 5.74) is 2.35. The van der Waals surface area contributed by atoms with E-state index in [0.29, 0.717) is 31.1 Å². The summed E-state index contributed by atoms with van der Waals surface area (Å²) in [6.45, 7) is 15.7. The lowest BCUT2D eigenvalue weighted by molar-refractivity contribution is 0.0370. The summed E-state index contributed by atoms with van der Waals surface area (Å²) in [4.78, 5) is 3.51. The molecule has 0 aliphatic carbocycles. The van der Waals surface area contributed by atoms with E-state index in [1.165, 1.54) is 0 Å². The van der Waals surface area contributed by atoms with Crippen molar-refractivity contribution in [1.29, 1.82) is 5.26 Å². The summed E-state index contributed by atoms with van der Waals surface area (Å²) in [6, 6.07) is 20.7. The quantitative estimate of drug-likeness (QED) is 0.294. The number of ether oxygens (including phenoxy) is 2. The van der Waals surface area contributed by atoms with E-state index in [1.54, 1.807) is 0 Å². The van der Waals surface area contributed by atoms with Gasteiger partial charge in [0.15, 0.2) is 0 Å². The lowest BCUT2D eigenvalue weighted by Gasteiger charge is -2.03. The molecule has 5 nitrogen and oxygen atoms in total. The van der Waals surface area contributed by atoms with Crippen LogP contribution < -0.4 is 0 Å². The van der Waals surface area contributed by atoms with E-state index in [-0.39, 0.29) is 6.61 Å². The van der Waals surface area contributed by atoms with Crippen LogP contribution in [0.15, 0.2) is 60.7 Å². The van der Waals surface area contributed by atoms with Gasteiger partial charge in [0.25, 0.3) is 0 Å². The first kappa shape index (κ1) is 26.0. The van der Waals surface area contributed by atoms with Crippen molar-refractivity contribution >= 4 is 11.3 Å². The first-order valence-corrected chi connectivity index (χ1v) is 9.67. The first-order valence-electron chi connectivity index (χ1n) is 9.67. The molecule has 0 saturated carbocycles. The highest BCUT2D eigenvalue weighted by Crippen LogP contribution is 2.26. The Kier molecular flexibility index (Phi) is 16.5. The first-order chi connectivity index (χ1) is 14.3. The molecular weight excluding hydrogens is 364 g/mol. The Hall–Kier alpha value is -2.96.